The van der Waals surface area contributed by atoms with E-state index in [9.17, 15) is 9.59 Å². The van der Waals surface area contributed by atoms with Crippen molar-refractivity contribution in [2.75, 3.05) is 31.6 Å². The van der Waals surface area contributed by atoms with Crippen LogP contribution in [0.25, 0.3) is 0 Å². The van der Waals surface area contributed by atoms with Gasteiger partial charge in [-0.1, -0.05) is 54.6 Å². The Kier molecular flexibility index (Phi) is 7.50. The Morgan fingerprint density at radius 1 is 0.879 bits per heavy atom. The normalized spacial score (nSPS) is 14.9. The minimum Gasteiger partial charge on any atom is -0.370 e. The SMILES string of the molecule is C[C@H](NC(=O)c1ccccc1NC(=O)c1ccc(C[NH+]2CCOCC2)cc1)c1ccccc1. The molecule has 0 aliphatic carbocycles. The summed E-state index contributed by atoms with van der Waals surface area (Å²) in [7, 11) is 0. The van der Waals surface area contributed by atoms with E-state index in [1.165, 1.54) is 10.5 Å². The molecule has 6 heteroatoms. The van der Waals surface area contributed by atoms with E-state index in [0.29, 0.717) is 16.8 Å². The van der Waals surface area contributed by atoms with E-state index in [-0.39, 0.29) is 17.9 Å². The number of anilines is 1. The second-order valence-electron chi connectivity index (χ2n) is 8.34. The van der Waals surface area contributed by atoms with Crippen molar-refractivity contribution in [2.24, 2.45) is 0 Å². The summed E-state index contributed by atoms with van der Waals surface area (Å²) in [5, 5.41) is 5.91. The number of carbonyl (C=O) groups is 2. The maximum absolute atomic E-state index is 12.9. The Bertz CT molecular complexity index is 1080. The molecule has 1 fully saturated rings. The van der Waals surface area contributed by atoms with Gasteiger partial charge in [0.25, 0.3) is 11.8 Å². The van der Waals surface area contributed by atoms with Crippen molar-refractivity contribution in [3.8, 4) is 0 Å². The van der Waals surface area contributed by atoms with Crippen molar-refractivity contribution in [1.82, 2.24) is 5.32 Å². The molecule has 1 aliphatic heterocycles. The third-order valence-corrected chi connectivity index (χ3v) is 5.94. The first-order valence-electron chi connectivity index (χ1n) is 11.4. The summed E-state index contributed by atoms with van der Waals surface area (Å²) in [6.07, 6.45) is 0. The highest BCUT2D eigenvalue weighted by Crippen LogP contribution is 2.19. The zero-order valence-corrected chi connectivity index (χ0v) is 18.8. The van der Waals surface area contributed by atoms with Crippen LogP contribution in [0.3, 0.4) is 0 Å². The first kappa shape index (κ1) is 22.7. The first-order valence-corrected chi connectivity index (χ1v) is 11.4. The van der Waals surface area contributed by atoms with E-state index in [2.05, 4.69) is 10.6 Å². The summed E-state index contributed by atoms with van der Waals surface area (Å²) in [5.41, 5.74) is 3.69. The minimum atomic E-state index is -0.239. The predicted octanol–water partition coefficient (Wildman–Crippen LogP) is 2.85. The highest BCUT2D eigenvalue weighted by molar-refractivity contribution is 6.09. The molecule has 33 heavy (non-hydrogen) atoms. The molecule has 170 valence electrons. The van der Waals surface area contributed by atoms with Crippen LogP contribution in [-0.2, 0) is 11.3 Å². The number of quaternary nitrogens is 1. The van der Waals surface area contributed by atoms with Gasteiger partial charge in [-0.2, -0.15) is 0 Å². The number of benzene rings is 3. The fourth-order valence-corrected chi connectivity index (χ4v) is 3.98. The Morgan fingerprint density at radius 3 is 2.27 bits per heavy atom. The quantitative estimate of drug-likeness (QED) is 0.525. The lowest BCUT2D eigenvalue weighted by atomic mass is 10.1. The van der Waals surface area contributed by atoms with Crippen LogP contribution in [0.15, 0.2) is 78.9 Å². The molecular formula is C27H30N3O3+. The van der Waals surface area contributed by atoms with E-state index in [0.717, 1.165) is 38.4 Å². The van der Waals surface area contributed by atoms with Gasteiger partial charge < -0.3 is 20.3 Å². The van der Waals surface area contributed by atoms with Gasteiger partial charge in [-0.25, -0.2) is 0 Å². The van der Waals surface area contributed by atoms with Crippen LogP contribution < -0.4 is 15.5 Å². The monoisotopic (exact) mass is 444 g/mol. The van der Waals surface area contributed by atoms with Crippen molar-refractivity contribution in [2.45, 2.75) is 19.5 Å². The Labute approximate surface area is 194 Å². The van der Waals surface area contributed by atoms with Crippen LogP contribution in [0, 0.1) is 0 Å². The number of nitrogens with one attached hydrogen (secondary N) is 3. The van der Waals surface area contributed by atoms with Gasteiger partial charge in [0.05, 0.1) is 30.5 Å². The topological polar surface area (TPSA) is 71.9 Å². The van der Waals surface area contributed by atoms with Crippen molar-refractivity contribution in [3.63, 3.8) is 0 Å². The molecule has 1 atom stereocenters. The summed E-state index contributed by atoms with van der Waals surface area (Å²) in [4.78, 5) is 27.3. The molecule has 0 radical (unpaired) electrons. The van der Waals surface area contributed by atoms with Gasteiger partial charge in [-0.3, -0.25) is 9.59 Å². The molecule has 0 bridgehead atoms. The number of amides is 2. The molecule has 1 heterocycles. The van der Waals surface area contributed by atoms with Gasteiger partial charge >= 0.3 is 0 Å². The van der Waals surface area contributed by atoms with Gasteiger partial charge in [0, 0.05) is 11.1 Å². The fourth-order valence-electron chi connectivity index (χ4n) is 3.98. The standard InChI is InChI=1S/C27H29N3O3/c1-20(22-7-3-2-4-8-22)28-27(32)24-9-5-6-10-25(24)29-26(31)23-13-11-21(12-14-23)19-30-15-17-33-18-16-30/h2-14,20H,15-19H2,1H3,(H,28,32)(H,29,31)/p+1/t20-/m0/s1. The highest BCUT2D eigenvalue weighted by atomic mass is 16.5. The fraction of sp³-hybridized carbons (Fsp3) is 0.259. The summed E-state index contributed by atoms with van der Waals surface area (Å²) in [6, 6.07) is 24.4. The molecule has 0 aromatic heterocycles. The summed E-state index contributed by atoms with van der Waals surface area (Å²) in [6.45, 7) is 6.47. The van der Waals surface area contributed by atoms with Gasteiger partial charge in [0.2, 0.25) is 0 Å². The lowest BCUT2D eigenvalue weighted by Crippen LogP contribution is -3.12. The zero-order valence-electron chi connectivity index (χ0n) is 18.8. The first-order chi connectivity index (χ1) is 16.1. The average molecular weight is 445 g/mol. The Balaban J connectivity index is 1.40. The van der Waals surface area contributed by atoms with Crippen LogP contribution in [-0.4, -0.2) is 38.1 Å². The van der Waals surface area contributed by atoms with Gasteiger partial charge in [0.1, 0.15) is 19.6 Å². The average Bonchev–Trinajstić information content (AvgIpc) is 2.86. The van der Waals surface area contributed by atoms with Crippen molar-refractivity contribution in [1.29, 1.82) is 0 Å². The van der Waals surface area contributed by atoms with E-state index in [1.54, 1.807) is 24.3 Å². The number of hydrogen-bond donors (Lipinski definition) is 3. The molecule has 0 spiro atoms. The van der Waals surface area contributed by atoms with Crippen molar-refractivity contribution >= 4 is 17.5 Å². The van der Waals surface area contributed by atoms with Gasteiger partial charge in [-0.15, -0.1) is 0 Å². The molecule has 1 saturated heterocycles. The smallest absolute Gasteiger partial charge is 0.255 e. The highest BCUT2D eigenvalue weighted by Gasteiger charge is 2.17. The molecule has 3 N–H and O–H groups in total. The lowest BCUT2D eigenvalue weighted by molar-refractivity contribution is -0.921. The molecule has 3 aromatic carbocycles. The second-order valence-corrected chi connectivity index (χ2v) is 8.34. The maximum atomic E-state index is 12.9. The molecular weight excluding hydrogens is 414 g/mol. The van der Waals surface area contributed by atoms with E-state index in [4.69, 9.17) is 4.74 Å². The van der Waals surface area contributed by atoms with Crippen LogP contribution in [0.1, 0.15) is 44.8 Å². The van der Waals surface area contributed by atoms with E-state index in [1.807, 2.05) is 61.5 Å². The molecule has 6 nitrogen and oxygen atoms in total. The molecule has 3 aromatic rings. The van der Waals surface area contributed by atoms with Crippen LogP contribution in [0.4, 0.5) is 5.69 Å². The Hall–Kier alpha value is -3.48. The summed E-state index contributed by atoms with van der Waals surface area (Å²) < 4.78 is 5.41. The molecule has 4 rings (SSSR count). The van der Waals surface area contributed by atoms with Gasteiger partial charge in [-0.05, 0) is 36.8 Å². The predicted molar refractivity (Wildman–Crippen MR) is 128 cm³/mol. The lowest BCUT2D eigenvalue weighted by Gasteiger charge is -2.23. The number of hydrogen-bond acceptors (Lipinski definition) is 3. The minimum absolute atomic E-state index is 0.149. The van der Waals surface area contributed by atoms with Crippen molar-refractivity contribution in [3.05, 3.63) is 101 Å². The second kappa shape index (κ2) is 10.9. The number of rotatable bonds is 7. The van der Waals surface area contributed by atoms with Crippen LogP contribution in [0.2, 0.25) is 0 Å². The number of para-hydroxylation sites is 1. The summed E-state index contributed by atoms with van der Waals surface area (Å²) >= 11 is 0. The number of morpholine rings is 1. The number of carbonyl (C=O) groups excluding carboxylic acids is 2. The zero-order chi connectivity index (χ0) is 23.0. The van der Waals surface area contributed by atoms with E-state index < -0.39 is 0 Å². The Morgan fingerprint density at radius 2 is 1.55 bits per heavy atom. The number of ether oxygens (including phenoxy) is 1. The van der Waals surface area contributed by atoms with Crippen LogP contribution >= 0.6 is 0 Å². The molecule has 0 unspecified atom stereocenters. The van der Waals surface area contributed by atoms with Crippen molar-refractivity contribution < 1.29 is 19.2 Å². The molecule has 1 aliphatic rings. The van der Waals surface area contributed by atoms with E-state index >= 15 is 0 Å². The summed E-state index contributed by atoms with van der Waals surface area (Å²) in [5.74, 6) is -0.470. The maximum Gasteiger partial charge on any atom is 0.255 e. The molecule has 2 amide bonds. The third kappa shape index (κ3) is 6.06. The van der Waals surface area contributed by atoms with Gasteiger partial charge in [0.15, 0.2) is 0 Å². The third-order valence-electron chi connectivity index (χ3n) is 5.94. The van der Waals surface area contributed by atoms with Crippen LogP contribution in [0.5, 0.6) is 0 Å². The molecule has 0 saturated carbocycles. The largest absolute Gasteiger partial charge is 0.370 e.